The van der Waals surface area contributed by atoms with E-state index in [1.54, 1.807) is 17.8 Å². The van der Waals surface area contributed by atoms with E-state index in [1.165, 1.54) is 12.1 Å². The van der Waals surface area contributed by atoms with Crippen LogP contribution in [-0.2, 0) is 12.7 Å². The van der Waals surface area contributed by atoms with Crippen molar-refractivity contribution in [3.05, 3.63) is 35.4 Å². The zero-order chi connectivity index (χ0) is 14.8. The van der Waals surface area contributed by atoms with E-state index in [1.807, 2.05) is 0 Å². The smallest absolute Gasteiger partial charge is 0.362 e. The lowest BCUT2D eigenvalue weighted by atomic mass is 10.1. The largest absolute Gasteiger partial charge is 0.416 e. The molecule has 0 amide bonds. The first kappa shape index (κ1) is 15.2. The fraction of sp³-hybridized carbons (Fsp3) is 0.500. The van der Waals surface area contributed by atoms with Crippen LogP contribution in [0.2, 0.25) is 0 Å². The van der Waals surface area contributed by atoms with Crippen LogP contribution in [0.15, 0.2) is 29.3 Å². The van der Waals surface area contributed by atoms with Crippen LogP contribution in [0.1, 0.15) is 25.0 Å². The van der Waals surface area contributed by atoms with Gasteiger partial charge in [-0.25, -0.2) is 0 Å². The van der Waals surface area contributed by atoms with Gasteiger partial charge in [-0.3, -0.25) is 4.99 Å². The van der Waals surface area contributed by atoms with Crippen LogP contribution >= 0.6 is 11.8 Å². The van der Waals surface area contributed by atoms with Crippen molar-refractivity contribution in [2.24, 2.45) is 10.9 Å². The molecule has 110 valence electrons. The predicted molar refractivity (Wildman–Crippen MR) is 76.8 cm³/mol. The maximum absolute atomic E-state index is 12.9. The summed E-state index contributed by atoms with van der Waals surface area (Å²) in [6.45, 7) is 4.25. The summed E-state index contributed by atoms with van der Waals surface area (Å²) in [6.07, 6.45) is -4.33. The molecule has 0 bridgehead atoms. The second-order valence-corrected chi connectivity index (χ2v) is 6.01. The molecule has 1 aliphatic rings. The van der Waals surface area contributed by atoms with E-state index in [0.717, 1.165) is 17.0 Å². The van der Waals surface area contributed by atoms with Gasteiger partial charge in [0.25, 0.3) is 0 Å². The Morgan fingerprint density at radius 1 is 1.30 bits per heavy atom. The van der Waals surface area contributed by atoms with Gasteiger partial charge in [0.05, 0.1) is 12.1 Å². The van der Waals surface area contributed by atoms with E-state index in [2.05, 4.69) is 24.2 Å². The Morgan fingerprint density at radius 3 is 2.65 bits per heavy atom. The fourth-order valence-electron chi connectivity index (χ4n) is 1.92. The summed E-state index contributed by atoms with van der Waals surface area (Å²) in [5.41, 5.74) is -0.396. The van der Waals surface area contributed by atoms with E-state index in [9.17, 15) is 13.2 Å². The average molecular weight is 302 g/mol. The molecular formula is C14H17F3N2S. The van der Waals surface area contributed by atoms with E-state index < -0.39 is 11.7 Å². The summed E-state index contributed by atoms with van der Waals surface area (Å²) in [7, 11) is 0. The van der Waals surface area contributed by atoms with Crippen LogP contribution in [0.4, 0.5) is 13.2 Å². The van der Waals surface area contributed by atoms with E-state index in [4.69, 9.17) is 0 Å². The number of amidine groups is 1. The van der Waals surface area contributed by atoms with Gasteiger partial charge in [0.15, 0.2) is 5.17 Å². The molecule has 1 fully saturated rings. The zero-order valence-corrected chi connectivity index (χ0v) is 12.2. The zero-order valence-electron chi connectivity index (χ0n) is 11.4. The summed E-state index contributed by atoms with van der Waals surface area (Å²) < 4.78 is 38.6. The van der Waals surface area contributed by atoms with Gasteiger partial charge in [-0.1, -0.05) is 36.9 Å². The number of halogens is 3. The van der Waals surface area contributed by atoms with Crippen LogP contribution in [0.25, 0.3) is 0 Å². The van der Waals surface area contributed by atoms with E-state index in [0.29, 0.717) is 12.0 Å². The number of nitrogens with zero attached hydrogens (tertiary/aromatic N) is 1. The van der Waals surface area contributed by atoms with Crippen molar-refractivity contribution >= 4 is 16.9 Å². The lowest BCUT2D eigenvalue weighted by molar-refractivity contribution is -0.138. The van der Waals surface area contributed by atoms with Crippen LogP contribution in [0, 0.1) is 5.92 Å². The van der Waals surface area contributed by atoms with Crippen LogP contribution < -0.4 is 5.32 Å². The van der Waals surface area contributed by atoms with E-state index >= 15 is 0 Å². The van der Waals surface area contributed by atoms with Gasteiger partial charge in [-0.05, 0) is 24.5 Å². The van der Waals surface area contributed by atoms with E-state index in [-0.39, 0.29) is 12.1 Å². The van der Waals surface area contributed by atoms with Crippen LogP contribution in [0.3, 0.4) is 0 Å². The Balaban J connectivity index is 2.12. The molecule has 0 aliphatic carbocycles. The van der Waals surface area contributed by atoms with Crippen LogP contribution in [0.5, 0.6) is 0 Å². The van der Waals surface area contributed by atoms with Crippen molar-refractivity contribution in [3.63, 3.8) is 0 Å². The Labute approximate surface area is 120 Å². The summed E-state index contributed by atoms with van der Waals surface area (Å²) in [5.74, 6) is 1.47. The standard InChI is InChI=1S/C14H17F3N2S/c1-9-8-20-13(19-10(9)2)18-7-11-5-3-4-6-12(11)14(15,16)17/h3-6,9-10H,7-8H2,1-2H3,(H,18,19). The summed E-state index contributed by atoms with van der Waals surface area (Å²) in [4.78, 5) is 4.28. The molecular weight excluding hydrogens is 285 g/mol. The minimum absolute atomic E-state index is 0.0477. The first-order chi connectivity index (χ1) is 9.38. The van der Waals surface area contributed by atoms with Crippen LogP contribution in [-0.4, -0.2) is 17.0 Å². The molecule has 6 heteroatoms. The number of nitrogens with one attached hydrogen (secondary N) is 1. The monoisotopic (exact) mass is 302 g/mol. The van der Waals surface area contributed by atoms with Crippen molar-refractivity contribution < 1.29 is 13.2 Å². The van der Waals surface area contributed by atoms with Gasteiger partial charge in [0.2, 0.25) is 0 Å². The second-order valence-electron chi connectivity index (χ2n) is 5.00. The first-order valence-corrected chi connectivity index (χ1v) is 7.45. The highest BCUT2D eigenvalue weighted by Gasteiger charge is 2.32. The number of benzene rings is 1. The fourth-order valence-corrected chi connectivity index (χ4v) is 3.05. The minimum atomic E-state index is -4.33. The van der Waals surface area contributed by atoms with Crippen molar-refractivity contribution in [2.75, 3.05) is 5.75 Å². The highest BCUT2D eigenvalue weighted by Crippen LogP contribution is 2.32. The van der Waals surface area contributed by atoms with Gasteiger partial charge in [-0.15, -0.1) is 0 Å². The average Bonchev–Trinajstić information content (AvgIpc) is 2.39. The quantitative estimate of drug-likeness (QED) is 0.895. The maximum Gasteiger partial charge on any atom is 0.416 e. The number of hydrogen-bond acceptors (Lipinski definition) is 2. The van der Waals surface area contributed by atoms with Crippen molar-refractivity contribution in [1.82, 2.24) is 5.32 Å². The third-order valence-electron chi connectivity index (χ3n) is 3.40. The summed E-state index contributed by atoms with van der Waals surface area (Å²) in [5, 5.41) is 3.96. The lowest BCUT2D eigenvalue weighted by Gasteiger charge is -2.28. The number of thioether (sulfide) groups is 1. The lowest BCUT2D eigenvalue weighted by Crippen LogP contribution is -2.41. The molecule has 1 heterocycles. The third kappa shape index (κ3) is 3.69. The van der Waals surface area contributed by atoms with Gasteiger partial charge < -0.3 is 5.32 Å². The molecule has 0 spiro atoms. The molecule has 0 radical (unpaired) electrons. The molecule has 2 nitrogen and oxygen atoms in total. The Hall–Kier alpha value is -1.17. The number of rotatable bonds is 2. The highest BCUT2D eigenvalue weighted by atomic mass is 32.2. The molecule has 1 aromatic carbocycles. The SMILES string of the molecule is CC1CSC(=NCc2ccccc2C(F)(F)F)NC1C. The summed E-state index contributed by atoms with van der Waals surface area (Å²) >= 11 is 1.57. The minimum Gasteiger partial charge on any atom is -0.362 e. The Kier molecular flexibility index (Phi) is 4.62. The number of alkyl halides is 3. The molecule has 1 aliphatic heterocycles. The third-order valence-corrected chi connectivity index (χ3v) is 4.62. The van der Waals surface area contributed by atoms with Crippen molar-refractivity contribution in [2.45, 2.75) is 32.6 Å². The molecule has 0 saturated carbocycles. The van der Waals surface area contributed by atoms with Crippen molar-refractivity contribution in [1.29, 1.82) is 0 Å². The molecule has 1 N–H and O–H groups in total. The number of aliphatic imine (C=N–C) groups is 1. The Bertz CT molecular complexity index is 499. The maximum atomic E-state index is 12.9. The normalized spacial score (nSPS) is 25.6. The molecule has 2 atom stereocenters. The molecule has 20 heavy (non-hydrogen) atoms. The second kappa shape index (κ2) is 6.08. The summed E-state index contributed by atoms with van der Waals surface area (Å²) in [6, 6.07) is 5.88. The van der Waals surface area contributed by atoms with Gasteiger partial charge >= 0.3 is 6.18 Å². The molecule has 2 unspecified atom stereocenters. The topological polar surface area (TPSA) is 24.4 Å². The number of hydrogen-bond donors (Lipinski definition) is 1. The highest BCUT2D eigenvalue weighted by molar-refractivity contribution is 8.13. The van der Waals surface area contributed by atoms with Gasteiger partial charge in [-0.2, -0.15) is 13.2 Å². The van der Waals surface area contributed by atoms with Crippen molar-refractivity contribution in [3.8, 4) is 0 Å². The molecule has 1 saturated heterocycles. The first-order valence-electron chi connectivity index (χ1n) is 6.47. The predicted octanol–water partition coefficient (Wildman–Crippen LogP) is 3.92. The van der Waals surface area contributed by atoms with Gasteiger partial charge in [0.1, 0.15) is 0 Å². The molecule has 0 aromatic heterocycles. The van der Waals surface area contributed by atoms with Gasteiger partial charge in [0, 0.05) is 11.8 Å². The molecule has 1 aromatic rings. The Morgan fingerprint density at radius 2 is 2.00 bits per heavy atom. The molecule has 2 rings (SSSR count).